The van der Waals surface area contributed by atoms with Gasteiger partial charge in [0, 0.05) is 34.4 Å². The molecule has 2 aliphatic heterocycles. The lowest BCUT2D eigenvalue weighted by Gasteiger charge is -2.31. The lowest BCUT2D eigenvalue weighted by molar-refractivity contribution is -0.122. The number of nitrogens with one attached hydrogen (secondary N) is 1. The van der Waals surface area contributed by atoms with Gasteiger partial charge in [-0.2, -0.15) is 0 Å². The number of phenolic OH excluding ortho intramolecular Hbond substituents is 1. The van der Waals surface area contributed by atoms with Crippen LogP contribution in [0.25, 0.3) is 6.08 Å². The molecule has 3 aromatic rings. The molecule has 222 valence electrons. The van der Waals surface area contributed by atoms with Crippen molar-refractivity contribution in [1.82, 2.24) is 0 Å². The highest BCUT2D eigenvalue weighted by atomic mass is 79.9. The number of carbonyl (C=O) groups is 2. The number of halogens is 1. The van der Waals surface area contributed by atoms with Gasteiger partial charge < -0.3 is 19.9 Å². The van der Waals surface area contributed by atoms with Crippen molar-refractivity contribution in [3.05, 3.63) is 99.6 Å². The summed E-state index contributed by atoms with van der Waals surface area (Å²) in [6.45, 7) is 2.87. The quantitative estimate of drug-likeness (QED) is 0.189. The predicted octanol–water partition coefficient (Wildman–Crippen LogP) is 7.25. The summed E-state index contributed by atoms with van der Waals surface area (Å²) in [6, 6.07) is 22.7. The number of aromatic hydroxyl groups is 1. The maximum atomic E-state index is 13.9. The second kappa shape index (κ2) is 12.5. The van der Waals surface area contributed by atoms with Gasteiger partial charge in [0.2, 0.25) is 11.8 Å². The minimum Gasteiger partial charge on any atom is -0.507 e. The Morgan fingerprint density at radius 2 is 1.79 bits per heavy atom. The van der Waals surface area contributed by atoms with E-state index in [-0.39, 0.29) is 29.6 Å². The zero-order valence-electron chi connectivity index (χ0n) is 24.3. The van der Waals surface area contributed by atoms with Crippen LogP contribution in [0.4, 0.5) is 17.1 Å². The van der Waals surface area contributed by atoms with E-state index in [1.807, 2.05) is 79.7 Å². The van der Waals surface area contributed by atoms with Gasteiger partial charge in [-0.25, -0.2) is 0 Å². The number of hydrogen-bond acceptors (Lipinski definition) is 6. The summed E-state index contributed by atoms with van der Waals surface area (Å²) in [4.78, 5) is 29.0. The van der Waals surface area contributed by atoms with E-state index in [1.165, 1.54) is 4.90 Å². The summed E-state index contributed by atoms with van der Waals surface area (Å²) in [5.41, 5.74) is 6.52. The Balaban J connectivity index is 1.19. The molecule has 6 rings (SSSR count). The van der Waals surface area contributed by atoms with Crippen LogP contribution in [0, 0.1) is 17.8 Å². The van der Waals surface area contributed by atoms with Crippen LogP contribution in [-0.2, 0) is 19.1 Å². The van der Waals surface area contributed by atoms with Gasteiger partial charge in [0.1, 0.15) is 5.75 Å². The molecule has 43 heavy (non-hydrogen) atoms. The molecule has 2 amide bonds. The molecule has 0 aromatic heterocycles. The van der Waals surface area contributed by atoms with Gasteiger partial charge in [0.25, 0.3) is 0 Å². The molecule has 7 nitrogen and oxygen atoms in total. The molecule has 0 unspecified atom stereocenters. The molecule has 2 saturated heterocycles. The summed E-state index contributed by atoms with van der Waals surface area (Å²) in [7, 11) is 1.66. The van der Waals surface area contributed by atoms with Crippen LogP contribution in [0.5, 0.6) is 5.75 Å². The van der Waals surface area contributed by atoms with Crippen molar-refractivity contribution in [2.24, 2.45) is 17.8 Å². The number of allylic oxidation sites excluding steroid dienone is 1. The standard InChI is InChI=1S/C35H35BrN2O5/c1-21(16-22-17-24(36)9-14-30(22)39)8-15-31-32-23(19-42-2)18-28-33(29(32)20-43-31)35(41)38(34(28)40)27-12-10-26(11-13-27)37-25-6-4-3-5-7-25/h3-7,9-14,16-17,28-29,31,33,37,39H,8,15,18-20H2,1-2H3/b21-16+/t28-,29+,31-,33-/m1/s1. The smallest absolute Gasteiger partial charge is 0.238 e. The highest BCUT2D eigenvalue weighted by Gasteiger charge is 2.57. The van der Waals surface area contributed by atoms with Gasteiger partial charge >= 0.3 is 0 Å². The van der Waals surface area contributed by atoms with Gasteiger partial charge in [-0.05, 0) is 91.9 Å². The third-order valence-corrected chi connectivity index (χ3v) is 9.20. The summed E-state index contributed by atoms with van der Waals surface area (Å²) < 4.78 is 12.8. The van der Waals surface area contributed by atoms with Gasteiger partial charge in [-0.3, -0.25) is 14.5 Å². The SMILES string of the molecule is COCC1=C2[C@@H](CC/C(C)=C/c3cc(Br)ccc3O)OC[C@@H]2[C@@H]2C(=O)N(c3ccc(Nc4ccccc4)cc3)C(=O)[C@@H]2C1. The number of nitrogens with zero attached hydrogens (tertiary/aromatic N) is 1. The number of para-hydroxylation sites is 1. The van der Waals surface area contributed by atoms with E-state index in [0.29, 0.717) is 25.3 Å². The van der Waals surface area contributed by atoms with E-state index in [9.17, 15) is 14.7 Å². The first kappa shape index (κ1) is 29.4. The minimum absolute atomic E-state index is 0.143. The average Bonchev–Trinajstić information content (AvgIpc) is 3.53. The Kier molecular flexibility index (Phi) is 8.52. The fourth-order valence-electron chi connectivity index (χ4n) is 6.75. The molecule has 3 aliphatic rings. The number of amides is 2. The molecule has 2 heterocycles. The highest BCUT2D eigenvalue weighted by molar-refractivity contribution is 9.10. The molecule has 4 atom stereocenters. The van der Waals surface area contributed by atoms with Gasteiger partial charge in [-0.15, -0.1) is 0 Å². The number of ether oxygens (including phenoxy) is 2. The number of imide groups is 1. The Morgan fingerprint density at radius 1 is 1.05 bits per heavy atom. The van der Waals surface area contributed by atoms with Crippen LogP contribution in [0.2, 0.25) is 0 Å². The third kappa shape index (κ3) is 5.92. The van der Waals surface area contributed by atoms with Crippen molar-refractivity contribution in [3.8, 4) is 5.75 Å². The molecule has 3 aromatic carbocycles. The van der Waals surface area contributed by atoms with Gasteiger partial charge in [-0.1, -0.05) is 45.8 Å². The fourth-order valence-corrected chi connectivity index (χ4v) is 7.13. The molecule has 2 fully saturated rings. The Bertz CT molecular complexity index is 1580. The van der Waals surface area contributed by atoms with Crippen LogP contribution in [0.3, 0.4) is 0 Å². The number of anilines is 3. The highest BCUT2D eigenvalue weighted by Crippen LogP contribution is 2.50. The summed E-state index contributed by atoms with van der Waals surface area (Å²) in [6.07, 6.45) is 3.86. The van der Waals surface area contributed by atoms with E-state index in [4.69, 9.17) is 9.47 Å². The molecule has 2 N–H and O–H groups in total. The average molecular weight is 644 g/mol. The second-order valence-electron chi connectivity index (χ2n) is 11.5. The lowest BCUT2D eigenvalue weighted by atomic mass is 9.69. The number of methoxy groups -OCH3 is 1. The number of hydrogen-bond donors (Lipinski definition) is 2. The summed E-state index contributed by atoms with van der Waals surface area (Å²) >= 11 is 3.47. The van der Waals surface area contributed by atoms with Crippen molar-refractivity contribution >= 4 is 50.9 Å². The zero-order valence-corrected chi connectivity index (χ0v) is 25.8. The maximum absolute atomic E-state index is 13.9. The summed E-state index contributed by atoms with van der Waals surface area (Å²) in [5.74, 6) is -1.07. The molecule has 1 aliphatic carbocycles. The van der Waals surface area contributed by atoms with Gasteiger partial charge in [0.05, 0.1) is 36.8 Å². The zero-order chi connectivity index (χ0) is 30.1. The molecular formula is C35H35BrN2O5. The van der Waals surface area contributed by atoms with E-state index < -0.39 is 11.8 Å². The molecule has 0 spiro atoms. The van der Waals surface area contributed by atoms with Crippen molar-refractivity contribution in [2.45, 2.75) is 32.3 Å². The van der Waals surface area contributed by atoms with E-state index in [1.54, 1.807) is 13.2 Å². The first-order valence-corrected chi connectivity index (χ1v) is 15.4. The fraction of sp³-hybridized carbons (Fsp3) is 0.314. The molecule has 0 radical (unpaired) electrons. The number of rotatable bonds is 9. The number of benzene rings is 3. The maximum Gasteiger partial charge on any atom is 0.238 e. The van der Waals surface area contributed by atoms with E-state index >= 15 is 0 Å². The van der Waals surface area contributed by atoms with Crippen LogP contribution in [0.1, 0.15) is 31.7 Å². The normalized spacial score (nSPS) is 23.5. The Labute approximate surface area is 260 Å². The molecular weight excluding hydrogens is 608 g/mol. The van der Waals surface area contributed by atoms with Crippen molar-refractivity contribution < 1.29 is 24.2 Å². The predicted molar refractivity (Wildman–Crippen MR) is 171 cm³/mol. The number of carbonyl (C=O) groups excluding carboxylic acids is 2. The first-order valence-electron chi connectivity index (χ1n) is 14.6. The van der Waals surface area contributed by atoms with Crippen molar-refractivity contribution in [1.29, 1.82) is 0 Å². The summed E-state index contributed by atoms with van der Waals surface area (Å²) in [5, 5.41) is 13.6. The van der Waals surface area contributed by atoms with E-state index in [2.05, 4.69) is 21.2 Å². The van der Waals surface area contributed by atoms with Gasteiger partial charge in [0.15, 0.2) is 0 Å². The molecule has 0 bridgehead atoms. The topological polar surface area (TPSA) is 88.1 Å². The number of phenols is 1. The van der Waals surface area contributed by atoms with Crippen LogP contribution >= 0.6 is 15.9 Å². The van der Waals surface area contributed by atoms with Crippen molar-refractivity contribution in [2.75, 3.05) is 30.5 Å². The Morgan fingerprint density at radius 3 is 2.53 bits per heavy atom. The van der Waals surface area contributed by atoms with Crippen LogP contribution in [-0.4, -0.2) is 43.3 Å². The van der Waals surface area contributed by atoms with E-state index in [0.717, 1.165) is 51.0 Å². The molecule has 8 heteroatoms. The second-order valence-corrected chi connectivity index (χ2v) is 12.5. The van der Waals surface area contributed by atoms with Crippen molar-refractivity contribution in [3.63, 3.8) is 0 Å². The largest absolute Gasteiger partial charge is 0.507 e. The van der Waals surface area contributed by atoms with Crippen LogP contribution in [0.15, 0.2) is 94.0 Å². The van der Waals surface area contributed by atoms with Crippen LogP contribution < -0.4 is 10.2 Å². The third-order valence-electron chi connectivity index (χ3n) is 8.71. The first-order chi connectivity index (χ1) is 20.8. The lowest BCUT2D eigenvalue weighted by Crippen LogP contribution is -2.35. The minimum atomic E-state index is -0.439. The molecule has 0 saturated carbocycles. The number of fused-ring (bicyclic) bond motifs is 3. The monoisotopic (exact) mass is 642 g/mol. The Hall–Kier alpha value is -3.72.